The molecule has 0 aromatic heterocycles. The Hall–Kier alpha value is -0.830. The average Bonchev–Trinajstić information content (AvgIpc) is 2.58. The van der Waals surface area contributed by atoms with Gasteiger partial charge in [0, 0.05) is 28.4 Å². The third kappa shape index (κ3) is 4.17. The van der Waals surface area contributed by atoms with Gasteiger partial charge < -0.3 is 10.0 Å². The first kappa shape index (κ1) is 17.0. The van der Waals surface area contributed by atoms with Crippen molar-refractivity contribution >= 4 is 62.8 Å². The Balaban J connectivity index is 1.91. The molecule has 120 valence electrons. The van der Waals surface area contributed by atoms with Crippen molar-refractivity contribution < 1.29 is 5.11 Å². The van der Waals surface area contributed by atoms with E-state index in [4.69, 9.17) is 0 Å². The van der Waals surface area contributed by atoms with Crippen LogP contribution in [0.15, 0.2) is 41.4 Å². The largest absolute Gasteiger partial charge is 0.506 e. The number of benzene rings is 2. The van der Waals surface area contributed by atoms with Gasteiger partial charge in [0.05, 0.1) is 14.9 Å². The second kappa shape index (κ2) is 7.83. The maximum atomic E-state index is 10.2. The molecule has 1 aliphatic rings. The molecule has 0 saturated carbocycles. The third-order valence-corrected chi connectivity index (χ3v) is 5.42. The number of aliphatic imine (C=N–C) groups is 1. The zero-order valence-corrected chi connectivity index (χ0v) is 17.0. The number of hydrogen-bond acceptors (Lipinski definition) is 3. The molecule has 0 spiro atoms. The molecule has 1 saturated heterocycles. The van der Waals surface area contributed by atoms with Crippen molar-refractivity contribution in [1.29, 1.82) is 0 Å². The van der Waals surface area contributed by atoms with E-state index in [2.05, 4.69) is 67.2 Å². The van der Waals surface area contributed by atoms with Crippen molar-refractivity contribution in [2.24, 2.45) is 4.99 Å². The lowest BCUT2D eigenvalue weighted by atomic mass is 10.1. The molecule has 0 atom stereocenters. The van der Waals surface area contributed by atoms with Crippen LogP contribution >= 0.6 is 45.2 Å². The summed E-state index contributed by atoms with van der Waals surface area (Å²) in [6, 6.07) is 12.2. The molecule has 0 unspecified atom stereocenters. The number of nitrogens with zero attached hydrogens (tertiary/aromatic N) is 2. The molecule has 1 N–H and O–H groups in total. The highest BCUT2D eigenvalue weighted by Crippen LogP contribution is 2.31. The number of piperidine rings is 1. The fourth-order valence-electron chi connectivity index (χ4n) is 2.80. The number of para-hydroxylation sites is 2. The van der Waals surface area contributed by atoms with Gasteiger partial charge in [0.2, 0.25) is 0 Å². The summed E-state index contributed by atoms with van der Waals surface area (Å²) in [4.78, 5) is 7.07. The quantitative estimate of drug-likeness (QED) is 0.428. The Kier molecular flexibility index (Phi) is 5.79. The Morgan fingerprint density at radius 2 is 1.78 bits per heavy atom. The van der Waals surface area contributed by atoms with Crippen LogP contribution in [0, 0.1) is 7.14 Å². The molecule has 0 radical (unpaired) electrons. The van der Waals surface area contributed by atoms with Gasteiger partial charge in [-0.05, 0) is 88.7 Å². The van der Waals surface area contributed by atoms with E-state index in [0.29, 0.717) is 5.75 Å². The molecule has 3 nitrogen and oxygen atoms in total. The summed E-state index contributed by atoms with van der Waals surface area (Å²) in [5, 5.41) is 10.2. The molecule has 2 aromatic carbocycles. The van der Waals surface area contributed by atoms with Gasteiger partial charge in [0.25, 0.3) is 0 Å². The second-order valence-electron chi connectivity index (χ2n) is 5.62. The smallest absolute Gasteiger partial charge is 0.137 e. The summed E-state index contributed by atoms with van der Waals surface area (Å²) in [7, 11) is 0. The SMILES string of the molecule is Oc1c(I)cc(I)cc1C=Nc1ccccc1N1CCCCC1. The number of phenolic OH excluding ortho intramolecular Hbond substituents is 1. The second-order valence-corrected chi connectivity index (χ2v) is 8.03. The summed E-state index contributed by atoms with van der Waals surface area (Å²) < 4.78 is 1.94. The first-order chi connectivity index (χ1) is 11.1. The van der Waals surface area contributed by atoms with Crippen LogP contribution in [-0.2, 0) is 0 Å². The normalized spacial score (nSPS) is 15.3. The van der Waals surface area contributed by atoms with Gasteiger partial charge in [-0.25, -0.2) is 0 Å². The molecule has 5 heteroatoms. The van der Waals surface area contributed by atoms with Crippen molar-refractivity contribution in [1.82, 2.24) is 0 Å². The Bertz CT molecular complexity index is 725. The number of halogens is 2. The van der Waals surface area contributed by atoms with Crippen molar-refractivity contribution in [3.8, 4) is 5.75 Å². The summed E-state index contributed by atoms with van der Waals surface area (Å²) >= 11 is 4.41. The highest BCUT2D eigenvalue weighted by Gasteiger charge is 2.13. The highest BCUT2D eigenvalue weighted by atomic mass is 127. The van der Waals surface area contributed by atoms with E-state index in [-0.39, 0.29) is 0 Å². The maximum Gasteiger partial charge on any atom is 0.137 e. The molecule has 2 aromatic rings. The zero-order chi connectivity index (χ0) is 16.2. The van der Waals surface area contributed by atoms with Crippen molar-refractivity contribution in [2.75, 3.05) is 18.0 Å². The fraction of sp³-hybridized carbons (Fsp3) is 0.278. The molecular weight excluding hydrogens is 514 g/mol. The van der Waals surface area contributed by atoms with Crippen LogP contribution in [0.4, 0.5) is 11.4 Å². The van der Waals surface area contributed by atoms with E-state index in [1.165, 1.54) is 24.9 Å². The minimum absolute atomic E-state index is 0.296. The van der Waals surface area contributed by atoms with Gasteiger partial charge >= 0.3 is 0 Å². The summed E-state index contributed by atoms with van der Waals surface area (Å²) in [6.45, 7) is 2.19. The summed E-state index contributed by atoms with van der Waals surface area (Å²) in [6.07, 6.45) is 5.57. The van der Waals surface area contributed by atoms with Crippen LogP contribution < -0.4 is 4.90 Å². The molecule has 1 heterocycles. The molecule has 1 aliphatic heterocycles. The Morgan fingerprint density at radius 1 is 1.04 bits per heavy atom. The number of phenols is 1. The van der Waals surface area contributed by atoms with Crippen LogP contribution in [0.25, 0.3) is 0 Å². The predicted molar refractivity (Wildman–Crippen MR) is 113 cm³/mol. The number of rotatable bonds is 3. The van der Waals surface area contributed by atoms with E-state index in [0.717, 1.165) is 31.5 Å². The number of hydrogen-bond donors (Lipinski definition) is 1. The molecule has 0 bridgehead atoms. The van der Waals surface area contributed by atoms with Crippen LogP contribution in [0.5, 0.6) is 5.75 Å². The van der Waals surface area contributed by atoms with Crippen molar-refractivity contribution in [2.45, 2.75) is 19.3 Å². The van der Waals surface area contributed by atoms with E-state index in [1.807, 2.05) is 24.3 Å². The average molecular weight is 532 g/mol. The lowest BCUT2D eigenvalue weighted by molar-refractivity contribution is 0.470. The zero-order valence-electron chi connectivity index (χ0n) is 12.7. The molecule has 0 amide bonds. The van der Waals surface area contributed by atoms with Gasteiger partial charge in [0.1, 0.15) is 5.75 Å². The lowest BCUT2D eigenvalue weighted by Gasteiger charge is -2.29. The van der Waals surface area contributed by atoms with E-state index in [9.17, 15) is 5.11 Å². The number of aromatic hydroxyl groups is 1. The topological polar surface area (TPSA) is 35.8 Å². The minimum Gasteiger partial charge on any atom is -0.506 e. The van der Waals surface area contributed by atoms with E-state index >= 15 is 0 Å². The summed E-state index contributed by atoms with van der Waals surface area (Å²) in [5.41, 5.74) is 2.90. The van der Waals surface area contributed by atoms with Crippen LogP contribution in [0.2, 0.25) is 0 Å². The lowest BCUT2D eigenvalue weighted by Crippen LogP contribution is -2.29. The van der Waals surface area contributed by atoms with Gasteiger partial charge in [0.15, 0.2) is 0 Å². The van der Waals surface area contributed by atoms with E-state index in [1.54, 1.807) is 6.21 Å². The van der Waals surface area contributed by atoms with Gasteiger partial charge in [-0.1, -0.05) is 12.1 Å². The molecule has 0 aliphatic carbocycles. The van der Waals surface area contributed by atoms with E-state index < -0.39 is 0 Å². The van der Waals surface area contributed by atoms with Crippen LogP contribution in [0.3, 0.4) is 0 Å². The Labute approximate surface area is 164 Å². The van der Waals surface area contributed by atoms with Crippen LogP contribution in [0.1, 0.15) is 24.8 Å². The summed E-state index contributed by atoms with van der Waals surface area (Å²) in [5.74, 6) is 0.296. The van der Waals surface area contributed by atoms with Crippen molar-refractivity contribution in [3.05, 3.63) is 49.1 Å². The van der Waals surface area contributed by atoms with Crippen LogP contribution in [-0.4, -0.2) is 24.4 Å². The molecule has 1 fully saturated rings. The van der Waals surface area contributed by atoms with Gasteiger partial charge in [-0.3, -0.25) is 4.99 Å². The molecule has 23 heavy (non-hydrogen) atoms. The van der Waals surface area contributed by atoms with Gasteiger partial charge in [-0.15, -0.1) is 0 Å². The van der Waals surface area contributed by atoms with Crippen molar-refractivity contribution in [3.63, 3.8) is 0 Å². The first-order valence-electron chi connectivity index (χ1n) is 7.71. The molecule has 3 rings (SSSR count). The minimum atomic E-state index is 0.296. The third-order valence-electron chi connectivity index (χ3n) is 3.98. The standard InChI is InChI=1S/C18H18I2N2O/c19-14-10-13(18(23)15(20)11-14)12-21-16-6-2-3-7-17(16)22-8-4-1-5-9-22/h2-3,6-7,10-12,23H,1,4-5,8-9H2. The van der Waals surface area contributed by atoms with Gasteiger partial charge in [-0.2, -0.15) is 0 Å². The fourth-order valence-corrected chi connectivity index (χ4v) is 4.69. The molecular formula is C18H18I2N2O. The maximum absolute atomic E-state index is 10.2. The predicted octanol–water partition coefficient (Wildman–Crippen LogP) is 5.34. The monoisotopic (exact) mass is 532 g/mol. The highest BCUT2D eigenvalue weighted by molar-refractivity contribution is 14.1. The first-order valence-corrected chi connectivity index (χ1v) is 9.87. The Morgan fingerprint density at radius 3 is 2.57 bits per heavy atom. The number of anilines is 1.